The molecule has 1 atom stereocenters. The minimum Gasteiger partial charge on any atom is -0.480 e. The molecule has 2 amide bonds. The number of rotatable bonds is 10. The minimum absolute atomic E-state index is 0.0878. The first-order chi connectivity index (χ1) is 9.32. The van der Waals surface area contributed by atoms with E-state index in [9.17, 15) is 9.59 Å². The summed E-state index contributed by atoms with van der Waals surface area (Å²) < 4.78 is 5.02. The number of urea groups is 1. The fraction of sp³-hybridized carbons (Fsp3) is 0.857. The Bertz CT molecular complexity index is 306. The molecule has 3 N–H and O–H groups in total. The molecule has 0 spiro atoms. The Hall–Kier alpha value is -1.30. The summed E-state index contributed by atoms with van der Waals surface area (Å²) in [6, 6.07) is -1.25. The van der Waals surface area contributed by atoms with E-state index in [0.29, 0.717) is 19.6 Å². The Morgan fingerprint density at radius 1 is 1.35 bits per heavy atom. The first kappa shape index (κ1) is 18.7. The molecule has 0 aliphatic rings. The topological polar surface area (TPSA) is 87.7 Å². The Morgan fingerprint density at radius 2 is 2.00 bits per heavy atom. The monoisotopic (exact) mass is 288 g/mol. The van der Waals surface area contributed by atoms with Crippen LogP contribution in [0.25, 0.3) is 0 Å². The summed E-state index contributed by atoms with van der Waals surface area (Å²) in [6.45, 7) is 7.14. The van der Waals surface area contributed by atoms with Crippen molar-refractivity contribution >= 4 is 12.0 Å². The molecular formula is C14H28N2O4. The van der Waals surface area contributed by atoms with Gasteiger partial charge in [-0.2, -0.15) is 0 Å². The first-order valence-corrected chi connectivity index (χ1v) is 7.08. The number of nitrogens with one attached hydrogen (secondary N) is 2. The first-order valence-electron chi connectivity index (χ1n) is 7.08. The van der Waals surface area contributed by atoms with Gasteiger partial charge in [0.1, 0.15) is 6.04 Å². The lowest BCUT2D eigenvalue weighted by atomic mass is 9.90. The van der Waals surface area contributed by atoms with Crippen molar-refractivity contribution in [3.8, 4) is 0 Å². The Kier molecular flexibility index (Phi) is 8.96. The number of unbranched alkanes of at least 4 members (excludes halogenated alkanes) is 1. The molecule has 1 unspecified atom stereocenters. The smallest absolute Gasteiger partial charge is 0.326 e. The van der Waals surface area contributed by atoms with Crippen LogP contribution in [0.15, 0.2) is 0 Å². The van der Waals surface area contributed by atoms with E-state index < -0.39 is 18.0 Å². The highest BCUT2D eigenvalue weighted by molar-refractivity contribution is 5.82. The van der Waals surface area contributed by atoms with Crippen molar-refractivity contribution in [3.05, 3.63) is 0 Å². The number of aliphatic carboxylic acids is 1. The van der Waals surface area contributed by atoms with E-state index in [1.807, 2.05) is 20.8 Å². The van der Waals surface area contributed by atoms with Crippen LogP contribution in [0.5, 0.6) is 0 Å². The van der Waals surface area contributed by atoms with E-state index >= 15 is 0 Å². The van der Waals surface area contributed by atoms with Gasteiger partial charge >= 0.3 is 12.0 Å². The number of carbonyl (C=O) groups is 2. The summed E-state index contributed by atoms with van der Waals surface area (Å²) in [7, 11) is 1.64. The molecule has 0 heterocycles. The van der Waals surface area contributed by atoms with Crippen LogP contribution in [-0.2, 0) is 9.53 Å². The van der Waals surface area contributed by atoms with Gasteiger partial charge in [0.2, 0.25) is 0 Å². The average molecular weight is 288 g/mol. The normalized spacial score (nSPS) is 12.8. The van der Waals surface area contributed by atoms with Gasteiger partial charge in [-0.25, -0.2) is 9.59 Å². The van der Waals surface area contributed by atoms with E-state index in [1.54, 1.807) is 7.11 Å². The predicted molar refractivity (Wildman–Crippen MR) is 77.8 cm³/mol. The molecule has 0 aliphatic carbocycles. The predicted octanol–water partition coefficient (Wildman–Crippen LogP) is 1.99. The van der Waals surface area contributed by atoms with Gasteiger partial charge in [-0.3, -0.25) is 0 Å². The van der Waals surface area contributed by atoms with Gasteiger partial charge in [0, 0.05) is 20.3 Å². The fourth-order valence-corrected chi connectivity index (χ4v) is 1.66. The van der Waals surface area contributed by atoms with Crippen molar-refractivity contribution in [1.82, 2.24) is 10.6 Å². The van der Waals surface area contributed by atoms with Crippen LogP contribution in [0.2, 0.25) is 0 Å². The average Bonchev–Trinajstić information content (AvgIpc) is 2.38. The molecule has 0 aromatic heterocycles. The maximum Gasteiger partial charge on any atom is 0.326 e. The second-order valence-electron chi connectivity index (χ2n) is 5.77. The van der Waals surface area contributed by atoms with E-state index in [4.69, 9.17) is 9.84 Å². The summed E-state index contributed by atoms with van der Waals surface area (Å²) >= 11 is 0. The largest absolute Gasteiger partial charge is 0.480 e. The number of hydrogen-bond acceptors (Lipinski definition) is 3. The van der Waals surface area contributed by atoms with Crippen molar-refractivity contribution in [3.63, 3.8) is 0 Å². The molecule has 0 saturated heterocycles. The second kappa shape index (κ2) is 9.58. The third kappa shape index (κ3) is 8.74. The van der Waals surface area contributed by atoms with E-state index in [-0.39, 0.29) is 5.41 Å². The van der Waals surface area contributed by atoms with Gasteiger partial charge in [0.05, 0.1) is 0 Å². The molecule has 0 fully saturated rings. The summed E-state index contributed by atoms with van der Waals surface area (Å²) in [5.74, 6) is -0.993. The van der Waals surface area contributed by atoms with E-state index in [1.165, 1.54) is 0 Å². The van der Waals surface area contributed by atoms with Gasteiger partial charge in [0.15, 0.2) is 0 Å². The number of ether oxygens (including phenoxy) is 1. The lowest BCUT2D eigenvalue weighted by Crippen LogP contribution is -2.48. The summed E-state index contributed by atoms with van der Waals surface area (Å²) in [5.41, 5.74) is -0.0878. The highest BCUT2D eigenvalue weighted by Gasteiger charge is 2.22. The van der Waals surface area contributed by atoms with Crippen LogP contribution in [0.1, 0.15) is 46.5 Å². The number of methoxy groups -OCH3 is 1. The summed E-state index contributed by atoms with van der Waals surface area (Å²) in [5, 5.41) is 14.3. The van der Waals surface area contributed by atoms with Gasteiger partial charge in [-0.05, 0) is 18.3 Å². The van der Waals surface area contributed by atoms with Crippen molar-refractivity contribution in [2.45, 2.75) is 52.5 Å². The molecule has 0 aliphatic heterocycles. The SMILES string of the molecule is CCCCC(NC(=O)NCC(C)(C)CCOC)C(=O)O. The van der Waals surface area contributed by atoms with Crippen LogP contribution in [0.3, 0.4) is 0 Å². The number of amides is 2. The van der Waals surface area contributed by atoms with Crippen molar-refractivity contribution < 1.29 is 19.4 Å². The molecule has 0 aromatic carbocycles. The van der Waals surface area contributed by atoms with Gasteiger partial charge in [-0.1, -0.05) is 33.6 Å². The highest BCUT2D eigenvalue weighted by atomic mass is 16.5. The van der Waals surface area contributed by atoms with Crippen molar-refractivity contribution in [2.75, 3.05) is 20.3 Å². The van der Waals surface area contributed by atoms with Crippen LogP contribution in [0, 0.1) is 5.41 Å². The van der Waals surface area contributed by atoms with Gasteiger partial charge < -0.3 is 20.5 Å². The summed E-state index contributed by atoms with van der Waals surface area (Å²) in [6.07, 6.45) is 2.95. The van der Waals surface area contributed by atoms with Crippen molar-refractivity contribution in [1.29, 1.82) is 0 Å². The quantitative estimate of drug-likeness (QED) is 0.573. The molecule has 0 radical (unpaired) electrons. The maximum atomic E-state index is 11.7. The number of carboxylic acid groups (broad SMARTS) is 1. The zero-order valence-corrected chi connectivity index (χ0v) is 13.0. The molecule has 0 bridgehead atoms. The highest BCUT2D eigenvalue weighted by Crippen LogP contribution is 2.18. The molecule has 6 nitrogen and oxygen atoms in total. The van der Waals surface area contributed by atoms with Crippen LogP contribution < -0.4 is 10.6 Å². The van der Waals surface area contributed by atoms with Gasteiger partial charge in [0.25, 0.3) is 0 Å². The number of carboxylic acids is 1. The van der Waals surface area contributed by atoms with Crippen LogP contribution >= 0.6 is 0 Å². The zero-order chi connectivity index (χ0) is 15.6. The standard InChI is InChI=1S/C14H28N2O4/c1-5-6-7-11(12(17)18)16-13(19)15-10-14(2,3)8-9-20-4/h11H,5-10H2,1-4H3,(H,17,18)(H2,15,16,19). The third-order valence-corrected chi connectivity index (χ3v) is 3.16. The molecule has 118 valence electrons. The van der Waals surface area contributed by atoms with E-state index in [0.717, 1.165) is 19.3 Å². The Labute approximate surface area is 121 Å². The number of hydrogen-bond donors (Lipinski definition) is 3. The van der Waals surface area contributed by atoms with Crippen LogP contribution in [-0.4, -0.2) is 43.4 Å². The summed E-state index contributed by atoms with van der Waals surface area (Å²) in [4.78, 5) is 22.7. The Balaban J connectivity index is 4.15. The Morgan fingerprint density at radius 3 is 2.50 bits per heavy atom. The fourth-order valence-electron chi connectivity index (χ4n) is 1.66. The lowest BCUT2D eigenvalue weighted by molar-refractivity contribution is -0.139. The minimum atomic E-state index is -0.993. The molecule has 0 rings (SSSR count). The van der Waals surface area contributed by atoms with Crippen LogP contribution in [0.4, 0.5) is 4.79 Å². The molecule has 0 aromatic rings. The van der Waals surface area contributed by atoms with Crippen molar-refractivity contribution in [2.24, 2.45) is 5.41 Å². The lowest BCUT2D eigenvalue weighted by Gasteiger charge is -2.25. The van der Waals surface area contributed by atoms with E-state index in [2.05, 4.69) is 10.6 Å². The molecular weight excluding hydrogens is 260 g/mol. The molecule has 0 saturated carbocycles. The van der Waals surface area contributed by atoms with Gasteiger partial charge in [-0.15, -0.1) is 0 Å². The zero-order valence-electron chi connectivity index (χ0n) is 13.0. The molecule has 20 heavy (non-hydrogen) atoms. The third-order valence-electron chi connectivity index (χ3n) is 3.16. The molecule has 6 heteroatoms. The second-order valence-corrected chi connectivity index (χ2v) is 5.77. The number of carbonyl (C=O) groups excluding carboxylic acids is 1. The maximum absolute atomic E-state index is 11.7.